The van der Waals surface area contributed by atoms with E-state index >= 15 is 0 Å². The summed E-state index contributed by atoms with van der Waals surface area (Å²) in [5.74, 6) is -2.00. The first kappa shape index (κ1) is 140. The van der Waals surface area contributed by atoms with Crippen LogP contribution in [-0.4, -0.2) is 205 Å². The fourth-order valence-electron chi connectivity index (χ4n) is 9.57. The van der Waals surface area contributed by atoms with Crippen molar-refractivity contribution < 1.29 is 173 Å². The molecule has 143 heavy (non-hydrogen) atoms. The predicted octanol–water partition coefficient (Wildman–Crippen LogP) is 20.2. The van der Waals surface area contributed by atoms with E-state index in [2.05, 4.69) is 39.1 Å². The zero-order valence-electron chi connectivity index (χ0n) is 89.4. The molecule has 4 aromatic carbocycles. The molecule has 4 aromatic rings. The van der Waals surface area contributed by atoms with E-state index in [-0.39, 0.29) is 71.5 Å². The van der Waals surface area contributed by atoms with E-state index < -0.39 is 183 Å². The fraction of sp³-hybridized carbons (Fsp3) is 0.648. The van der Waals surface area contributed by atoms with Crippen LogP contribution in [0.4, 0.5) is 0 Å². The Hall–Kier alpha value is -6.65. The lowest BCUT2D eigenvalue weighted by molar-refractivity contribution is -0.151. The Morgan fingerprint density at radius 1 is 0.231 bits per heavy atom. The highest BCUT2D eigenvalue weighted by atomic mass is 31.3. The number of carbonyl (C=O) groups is 8. The SMILES string of the molecule is CC(C)OC(=O)CO[P@@](=O)(N[C@@H](C)C(=O)OC(C)C)C(C)C.CC(C)OC(=O)CO[P@](=O)(N[C@@H](C)C(=O)OC(C)C)C(C)C.CC(C)OC(=O)[C@H](C)N[P@@](=O)(Oc1ccccc1)C(C)C.CC(C)OC(=O)[C@H](C)N[P@@](=O)(Oc1ccccc1)C(C)C.CC(C)OC(=O)[C@H](C)N[P@](=O)(Oc1ccccc1)C(C)C.CC(C)OC(=O)[C@H](C)N[P@](=O)(Oc1ccccc1)C(C)C.CC(C)P(=O)(O)OP(=O)(O)OP(=O)(O)O. The fourth-order valence-corrected chi connectivity index (χ4v) is 22.8. The van der Waals surface area contributed by atoms with Gasteiger partial charge in [0.1, 0.15) is 59.2 Å². The molecule has 4 rings (SSSR count). The second-order valence-electron chi connectivity index (χ2n) is 36.2. The average molecular weight is 2210 g/mol. The highest BCUT2D eigenvalue weighted by molar-refractivity contribution is 7.68. The van der Waals surface area contributed by atoms with Gasteiger partial charge in [-0.25, -0.2) is 53.6 Å². The minimum atomic E-state index is -5.27. The first-order chi connectivity index (χ1) is 65.3. The molecule has 43 nitrogen and oxygen atoms in total. The van der Waals surface area contributed by atoms with Gasteiger partial charge in [0.25, 0.3) is 15.0 Å². The largest absolute Gasteiger partial charge is 0.488 e. The summed E-state index contributed by atoms with van der Waals surface area (Å²) in [6, 6.07) is 31.2. The van der Waals surface area contributed by atoms with Gasteiger partial charge in [0.05, 0.1) is 77.1 Å². The molecule has 0 aliphatic heterocycles. The third kappa shape index (κ3) is 61.8. The first-order valence-electron chi connectivity index (χ1n) is 46.6. The Labute approximate surface area is 846 Å². The molecule has 0 bridgehead atoms. The minimum absolute atomic E-state index is 0.213. The zero-order valence-corrected chi connectivity index (χ0v) is 97.4. The third-order valence-electron chi connectivity index (χ3n) is 17.1. The van der Waals surface area contributed by atoms with Crippen LogP contribution in [0, 0.1) is 0 Å². The molecular weight excluding hydrogens is 2050 g/mol. The molecular formula is C91H163N6O37P9. The lowest BCUT2D eigenvalue weighted by Gasteiger charge is -2.26. The van der Waals surface area contributed by atoms with Crippen molar-refractivity contribution in [2.75, 3.05) is 13.2 Å². The highest BCUT2D eigenvalue weighted by Gasteiger charge is 2.43. The van der Waals surface area contributed by atoms with Gasteiger partial charge in [0, 0.05) is 11.3 Å². The Kier molecular flexibility index (Phi) is 66.2. The van der Waals surface area contributed by atoms with E-state index in [1.807, 2.05) is 24.3 Å². The first-order valence-corrected chi connectivity index (χ1v) is 61.4. The van der Waals surface area contributed by atoms with Crippen molar-refractivity contribution in [2.45, 2.75) is 374 Å². The van der Waals surface area contributed by atoms with Crippen molar-refractivity contribution in [3.8, 4) is 23.0 Å². The summed E-state index contributed by atoms with van der Waals surface area (Å²) in [5, 5.41) is 16.5. The Morgan fingerprint density at radius 3 is 0.531 bits per heavy atom. The molecule has 0 spiro atoms. The molecule has 0 saturated carbocycles. The van der Waals surface area contributed by atoms with Crippen LogP contribution >= 0.6 is 68.4 Å². The van der Waals surface area contributed by atoms with Crippen molar-refractivity contribution in [3.63, 3.8) is 0 Å². The van der Waals surface area contributed by atoms with Crippen LogP contribution in [-0.2, 0) is 135 Å². The van der Waals surface area contributed by atoms with Gasteiger partial charge < -0.3 is 84.6 Å². The van der Waals surface area contributed by atoms with Gasteiger partial charge in [-0.3, -0.25) is 60.7 Å². The normalized spacial score (nSPS) is 16.2. The molecule has 0 fully saturated rings. The number of nitrogens with one attached hydrogen (secondary N) is 6. The summed E-state index contributed by atoms with van der Waals surface area (Å²) < 4.78 is 190. The summed E-state index contributed by atoms with van der Waals surface area (Å²) in [7, 11) is -34.7. The lowest BCUT2D eigenvalue weighted by atomic mass is 10.3. The number of hydrogen-bond acceptors (Lipinski definition) is 33. The number of carbonyl (C=O) groups excluding carboxylic acids is 8. The molecule has 0 aliphatic carbocycles. The van der Waals surface area contributed by atoms with Crippen LogP contribution in [0.25, 0.3) is 0 Å². The van der Waals surface area contributed by atoms with Crippen LogP contribution in [0.5, 0.6) is 23.0 Å². The number of ether oxygens (including phenoxy) is 8. The molecule has 0 aliphatic rings. The van der Waals surface area contributed by atoms with Crippen LogP contribution in [0.15, 0.2) is 121 Å². The third-order valence-corrected chi connectivity index (χ3v) is 37.4. The Bertz CT molecular complexity index is 4440. The Balaban J connectivity index is -0.00000160. The standard InChI is InChI=1S/4C15H24NO4P.2C14H28NO6P.C3H11O9P3/c4*1-11(2)19-15(17)13(5)16-21(18,12(3)4)20-14-9-7-6-8-10-14;2*1-9(2)20-13(16)8-19-22(18,11(5)6)15-12(7)14(17)21-10(3)4;1-3(2)13(4,5)11-15(9,10)12-14(6,7)8/h4*6-13H,1-5H3,(H,16,18);2*9-12H,8H2,1-7H3,(H,15,18);3H,1-2H3,(H,4,5)(H,9,10)(H2,6,7,8)/t2*13-,21+;2*13-,21-;12-,22+;12-,22-;/m000000./s1. The molecule has 0 radical (unpaired) electrons. The van der Waals surface area contributed by atoms with Crippen molar-refractivity contribution in [3.05, 3.63) is 121 Å². The van der Waals surface area contributed by atoms with E-state index in [1.165, 1.54) is 27.7 Å². The maximum atomic E-state index is 12.9. The van der Waals surface area contributed by atoms with Gasteiger partial charge >= 0.3 is 101 Å². The van der Waals surface area contributed by atoms with Crippen molar-refractivity contribution in [1.29, 1.82) is 0 Å². The number of rotatable bonds is 51. The second-order valence-corrected chi connectivity index (χ2v) is 57.7. The maximum Gasteiger partial charge on any atom is 0.488 e. The van der Waals surface area contributed by atoms with Gasteiger partial charge in [0.2, 0.25) is 0 Å². The Morgan fingerprint density at radius 2 is 0.392 bits per heavy atom. The summed E-state index contributed by atoms with van der Waals surface area (Å²) in [6.07, 6.45) is -1.94. The number of phosphoric acid groups is 2. The molecule has 0 aromatic heterocycles. The minimum Gasteiger partial charge on any atom is -0.462 e. The van der Waals surface area contributed by atoms with E-state index in [9.17, 15) is 79.4 Å². The molecule has 2 unspecified atom stereocenters. The van der Waals surface area contributed by atoms with E-state index in [1.54, 1.807) is 319 Å². The van der Waals surface area contributed by atoms with Crippen LogP contribution in [0.2, 0.25) is 0 Å². The maximum absolute atomic E-state index is 12.9. The van der Waals surface area contributed by atoms with Gasteiger partial charge in [-0.1, -0.05) is 170 Å². The molecule has 0 heterocycles. The van der Waals surface area contributed by atoms with E-state index in [4.69, 9.17) is 84.6 Å². The highest BCUT2D eigenvalue weighted by Crippen LogP contribution is 2.67. The van der Waals surface area contributed by atoms with Gasteiger partial charge in [0.15, 0.2) is 13.2 Å². The summed E-state index contributed by atoms with van der Waals surface area (Å²) in [5.41, 5.74) is -2.92. The average Bonchev–Trinajstić information content (AvgIpc) is 0.467. The number of esters is 8. The van der Waals surface area contributed by atoms with Crippen molar-refractivity contribution >= 4 is 116 Å². The predicted molar refractivity (Wildman–Crippen MR) is 551 cm³/mol. The van der Waals surface area contributed by atoms with E-state index in [0.717, 1.165) is 0 Å². The smallest absolute Gasteiger partial charge is 0.462 e. The quantitative estimate of drug-likeness (QED) is 0.0111. The van der Waals surface area contributed by atoms with Gasteiger partial charge in [-0.2, -0.15) is 4.31 Å². The van der Waals surface area contributed by atoms with Crippen LogP contribution in [0.3, 0.4) is 0 Å². The number of benzene rings is 4. The zero-order chi connectivity index (χ0) is 112. The van der Waals surface area contributed by atoms with Gasteiger partial charge in [-0.15, -0.1) is 0 Å². The summed E-state index contributed by atoms with van der Waals surface area (Å²) in [6.45, 7) is 60.1. The molecule has 824 valence electrons. The second kappa shape index (κ2) is 67.4. The van der Waals surface area contributed by atoms with Crippen molar-refractivity contribution in [2.24, 2.45) is 0 Å². The monoisotopic (exact) mass is 2210 g/mol. The lowest BCUT2D eigenvalue weighted by Crippen LogP contribution is -2.37. The molecule has 10 N–H and O–H groups in total. The number of hydrogen-bond donors (Lipinski definition) is 10. The van der Waals surface area contributed by atoms with Gasteiger partial charge in [-0.05, 0) is 201 Å². The topological polar surface area (TPSA) is 591 Å². The molecule has 14 atom stereocenters. The van der Waals surface area contributed by atoms with Crippen LogP contribution < -0.4 is 48.6 Å². The van der Waals surface area contributed by atoms with Crippen LogP contribution in [0.1, 0.15) is 249 Å². The molecule has 0 amide bonds. The number of para-hydroxylation sites is 4. The summed E-state index contributed by atoms with van der Waals surface area (Å²) in [4.78, 5) is 128. The molecule has 52 heteroatoms. The van der Waals surface area contributed by atoms with Crippen molar-refractivity contribution in [1.82, 2.24) is 30.5 Å². The molecule has 0 saturated heterocycles. The van der Waals surface area contributed by atoms with E-state index in [0.29, 0.717) is 23.0 Å². The summed E-state index contributed by atoms with van der Waals surface area (Å²) >= 11 is 0.